The highest BCUT2D eigenvalue weighted by Crippen LogP contribution is 2.45. The molecule has 3 rings (SSSR count). The minimum Gasteiger partial charge on any atom is -0.401 e. The Labute approximate surface area is 157 Å². The minimum absolute atomic E-state index is 0.0190. The number of rotatable bonds is 7. The van der Waals surface area contributed by atoms with E-state index in [9.17, 15) is 10.2 Å². The quantitative estimate of drug-likeness (QED) is 0.737. The number of aliphatic hydroxyl groups excluding tert-OH is 1. The summed E-state index contributed by atoms with van der Waals surface area (Å²) in [4.78, 5) is 0. The third kappa shape index (κ3) is 3.51. The van der Waals surface area contributed by atoms with Crippen LogP contribution in [-0.2, 0) is 4.43 Å². The molecule has 0 radical (unpaired) electrons. The van der Waals surface area contributed by atoms with E-state index >= 15 is 0 Å². The molecule has 1 atom stereocenters. The van der Waals surface area contributed by atoms with Crippen molar-refractivity contribution in [3.05, 3.63) is 60.7 Å². The molecule has 1 saturated carbocycles. The zero-order valence-electron chi connectivity index (χ0n) is 16.0. The summed E-state index contributed by atoms with van der Waals surface area (Å²) in [5.74, 6) is 0. The van der Waals surface area contributed by atoms with E-state index in [0.717, 1.165) is 12.8 Å². The molecule has 0 amide bonds. The molecule has 3 nitrogen and oxygen atoms in total. The fraction of sp³-hybridized carbons (Fsp3) is 0.455. The molecule has 0 heterocycles. The molecule has 0 aliphatic heterocycles. The van der Waals surface area contributed by atoms with Crippen LogP contribution in [0.2, 0.25) is 5.04 Å². The monoisotopic (exact) mass is 370 g/mol. The van der Waals surface area contributed by atoms with Gasteiger partial charge in [0.1, 0.15) is 0 Å². The van der Waals surface area contributed by atoms with Gasteiger partial charge in [-0.2, -0.15) is 0 Å². The predicted octanol–water partition coefficient (Wildman–Crippen LogP) is 2.84. The smallest absolute Gasteiger partial charge is 0.261 e. The Morgan fingerprint density at radius 3 is 1.77 bits per heavy atom. The van der Waals surface area contributed by atoms with Crippen LogP contribution in [0.25, 0.3) is 0 Å². The Morgan fingerprint density at radius 2 is 1.42 bits per heavy atom. The topological polar surface area (TPSA) is 49.7 Å². The lowest BCUT2D eigenvalue weighted by Gasteiger charge is -2.46. The van der Waals surface area contributed by atoms with E-state index in [0.29, 0.717) is 6.42 Å². The Bertz CT molecular complexity index is 666. The van der Waals surface area contributed by atoms with Gasteiger partial charge in [0.2, 0.25) is 0 Å². The van der Waals surface area contributed by atoms with Crippen LogP contribution in [0.5, 0.6) is 0 Å². The lowest BCUT2D eigenvalue weighted by atomic mass is 10.1. The fourth-order valence-electron chi connectivity index (χ4n) is 3.91. The standard InChI is InChI=1S/C22H30O3Si/c1-21(2,3)26(18-10-6-4-7-11-18,19-12-8-5-9-13-19)25-20(14-17-23)22(24)15-16-22/h4-13,20,23-24H,14-17H2,1-3H3. The Kier molecular flexibility index (Phi) is 5.40. The number of hydrogen-bond donors (Lipinski definition) is 2. The van der Waals surface area contributed by atoms with Crippen molar-refractivity contribution >= 4 is 18.7 Å². The summed E-state index contributed by atoms with van der Waals surface area (Å²) in [6, 6.07) is 20.9. The van der Waals surface area contributed by atoms with Gasteiger partial charge in [0, 0.05) is 6.61 Å². The predicted molar refractivity (Wildman–Crippen MR) is 108 cm³/mol. The molecular formula is C22H30O3Si. The van der Waals surface area contributed by atoms with Crippen LogP contribution in [0.4, 0.5) is 0 Å². The largest absolute Gasteiger partial charge is 0.401 e. The summed E-state index contributed by atoms with van der Waals surface area (Å²) >= 11 is 0. The average molecular weight is 371 g/mol. The molecule has 1 unspecified atom stereocenters. The summed E-state index contributed by atoms with van der Waals surface area (Å²) in [5.41, 5.74) is -0.796. The number of hydrogen-bond acceptors (Lipinski definition) is 3. The first-order valence-corrected chi connectivity index (χ1v) is 11.4. The molecule has 0 saturated heterocycles. The van der Waals surface area contributed by atoms with Crippen LogP contribution in [0.15, 0.2) is 60.7 Å². The van der Waals surface area contributed by atoms with Gasteiger partial charge in [0.05, 0.1) is 11.7 Å². The zero-order valence-corrected chi connectivity index (χ0v) is 17.0. The maximum Gasteiger partial charge on any atom is 0.261 e. The van der Waals surface area contributed by atoms with Crippen LogP contribution in [-0.4, -0.2) is 36.8 Å². The highest BCUT2D eigenvalue weighted by molar-refractivity contribution is 6.99. The van der Waals surface area contributed by atoms with Crippen molar-refractivity contribution in [2.75, 3.05) is 6.61 Å². The SMILES string of the molecule is CC(C)(C)[Si](OC(CCO)C1(O)CC1)(c1ccccc1)c1ccccc1. The third-order valence-electron chi connectivity index (χ3n) is 5.49. The van der Waals surface area contributed by atoms with Gasteiger partial charge >= 0.3 is 0 Å². The first-order valence-electron chi connectivity index (χ1n) is 9.46. The van der Waals surface area contributed by atoms with Crippen LogP contribution >= 0.6 is 0 Å². The van der Waals surface area contributed by atoms with Crippen molar-refractivity contribution in [1.29, 1.82) is 0 Å². The summed E-state index contributed by atoms with van der Waals surface area (Å²) < 4.78 is 6.97. The first kappa shape index (κ1) is 19.3. The molecule has 2 N–H and O–H groups in total. The van der Waals surface area contributed by atoms with Crippen LogP contribution in [0, 0.1) is 0 Å². The zero-order chi connectivity index (χ0) is 18.8. The van der Waals surface area contributed by atoms with Crippen LogP contribution in [0.3, 0.4) is 0 Å². The average Bonchev–Trinajstić information content (AvgIpc) is 3.38. The van der Waals surface area contributed by atoms with Gasteiger partial charge in [-0.15, -0.1) is 0 Å². The maximum absolute atomic E-state index is 10.8. The third-order valence-corrected chi connectivity index (χ3v) is 10.5. The van der Waals surface area contributed by atoms with Crippen molar-refractivity contribution in [3.63, 3.8) is 0 Å². The molecule has 1 aliphatic carbocycles. The highest BCUT2D eigenvalue weighted by Gasteiger charge is 2.56. The van der Waals surface area contributed by atoms with E-state index in [1.807, 2.05) is 12.1 Å². The molecule has 1 fully saturated rings. The van der Waals surface area contributed by atoms with Crippen LogP contribution < -0.4 is 10.4 Å². The molecule has 1 aliphatic rings. The normalized spacial score (nSPS) is 17.7. The molecule has 2 aromatic rings. The van der Waals surface area contributed by atoms with E-state index in [-0.39, 0.29) is 17.7 Å². The van der Waals surface area contributed by atoms with Gasteiger partial charge < -0.3 is 14.6 Å². The molecule has 0 bridgehead atoms. The lowest BCUT2D eigenvalue weighted by molar-refractivity contribution is -0.00295. The molecule has 0 spiro atoms. The van der Waals surface area contributed by atoms with E-state index in [1.54, 1.807) is 0 Å². The van der Waals surface area contributed by atoms with E-state index in [1.165, 1.54) is 10.4 Å². The second kappa shape index (κ2) is 7.28. The van der Waals surface area contributed by atoms with Gasteiger partial charge in [0.25, 0.3) is 8.32 Å². The Hall–Kier alpha value is -1.46. The first-order chi connectivity index (χ1) is 12.3. The van der Waals surface area contributed by atoms with Crippen LogP contribution in [0.1, 0.15) is 40.0 Å². The molecule has 140 valence electrons. The minimum atomic E-state index is -2.69. The van der Waals surface area contributed by atoms with Crippen molar-refractivity contribution in [2.45, 2.75) is 56.8 Å². The second-order valence-electron chi connectivity index (χ2n) is 8.39. The van der Waals surface area contributed by atoms with Crippen molar-refractivity contribution < 1.29 is 14.6 Å². The van der Waals surface area contributed by atoms with Gasteiger partial charge in [-0.25, -0.2) is 0 Å². The van der Waals surface area contributed by atoms with Gasteiger partial charge in [-0.3, -0.25) is 0 Å². The maximum atomic E-state index is 10.8. The van der Waals surface area contributed by atoms with Gasteiger partial charge in [-0.1, -0.05) is 81.4 Å². The summed E-state index contributed by atoms with van der Waals surface area (Å²) in [5, 5.41) is 22.7. The molecular weight excluding hydrogens is 340 g/mol. The Balaban J connectivity index is 2.17. The van der Waals surface area contributed by atoms with Crippen molar-refractivity contribution in [3.8, 4) is 0 Å². The van der Waals surface area contributed by atoms with Crippen molar-refractivity contribution in [1.82, 2.24) is 0 Å². The van der Waals surface area contributed by atoms with Crippen molar-refractivity contribution in [2.24, 2.45) is 0 Å². The Morgan fingerprint density at radius 1 is 0.962 bits per heavy atom. The molecule has 4 heteroatoms. The van der Waals surface area contributed by atoms with E-state index in [2.05, 4.69) is 69.3 Å². The van der Waals surface area contributed by atoms with Gasteiger partial charge in [0.15, 0.2) is 0 Å². The second-order valence-corrected chi connectivity index (χ2v) is 12.6. The molecule has 26 heavy (non-hydrogen) atoms. The summed E-state index contributed by atoms with van der Waals surface area (Å²) in [6.07, 6.45) is 1.60. The molecule has 0 aromatic heterocycles. The summed E-state index contributed by atoms with van der Waals surface area (Å²) in [7, 11) is -2.69. The van der Waals surface area contributed by atoms with E-state index < -0.39 is 13.9 Å². The lowest BCUT2D eigenvalue weighted by Crippen LogP contribution is -2.68. The number of benzene rings is 2. The number of aliphatic hydroxyl groups is 2. The van der Waals surface area contributed by atoms with E-state index in [4.69, 9.17) is 4.43 Å². The summed E-state index contributed by atoms with van der Waals surface area (Å²) in [6.45, 7) is 6.70. The fourth-order valence-corrected chi connectivity index (χ4v) is 8.69. The van der Waals surface area contributed by atoms with Gasteiger partial charge in [-0.05, 0) is 34.7 Å². The molecule has 2 aromatic carbocycles. The highest BCUT2D eigenvalue weighted by atomic mass is 28.4.